The summed E-state index contributed by atoms with van der Waals surface area (Å²) in [6.07, 6.45) is 6.34. The number of hydrogen-bond donors (Lipinski definition) is 0. The number of para-hydroxylation sites is 1. The molecular formula is C26H33N3O. The summed E-state index contributed by atoms with van der Waals surface area (Å²) < 4.78 is 3.94. The van der Waals surface area contributed by atoms with E-state index < -0.39 is 0 Å². The van der Waals surface area contributed by atoms with Crippen LogP contribution in [0.4, 0.5) is 0 Å². The molecule has 1 saturated heterocycles. The minimum absolute atomic E-state index is 0.0637. The maximum absolute atomic E-state index is 12.7. The highest BCUT2D eigenvalue weighted by Gasteiger charge is 2.21. The molecule has 1 aliphatic heterocycles. The average Bonchev–Trinajstić information content (AvgIpc) is 3.11. The summed E-state index contributed by atoms with van der Waals surface area (Å²) in [5.41, 5.74) is 3.57. The maximum atomic E-state index is 12.7. The molecule has 2 aromatic carbocycles. The van der Waals surface area contributed by atoms with E-state index in [9.17, 15) is 4.79 Å². The Morgan fingerprint density at radius 1 is 0.933 bits per heavy atom. The molecule has 0 atom stereocenters. The summed E-state index contributed by atoms with van der Waals surface area (Å²) in [4.78, 5) is 15.2. The molecule has 0 radical (unpaired) electrons. The Morgan fingerprint density at radius 3 is 2.27 bits per heavy atom. The van der Waals surface area contributed by atoms with Crippen molar-refractivity contribution in [2.75, 3.05) is 13.1 Å². The fourth-order valence-corrected chi connectivity index (χ4v) is 4.74. The van der Waals surface area contributed by atoms with Crippen LogP contribution in [0.5, 0.6) is 0 Å². The van der Waals surface area contributed by atoms with E-state index in [1.807, 2.05) is 41.1 Å². The van der Waals surface area contributed by atoms with Crippen LogP contribution in [0.1, 0.15) is 43.9 Å². The van der Waals surface area contributed by atoms with Crippen LogP contribution in [-0.2, 0) is 19.5 Å². The molecule has 2 heterocycles. The molecule has 0 saturated carbocycles. The van der Waals surface area contributed by atoms with Gasteiger partial charge >= 0.3 is 0 Å². The third kappa shape index (κ3) is 4.93. The maximum Gasteiger partial charge on any atom is 0.271 e. The number of benzene rings is 2. The molecule has 4 rings (SSSR count). The van der Waals surface area contributed by atoms with Gasteiger partial charge in [-0.15, -0.1) is 0 Å². The number of likely N-dealkylation sites (tertiary alicyclic amines) is 1. The summed E-state index contributed by atoms with van der Waals surface area (Å²) in [5.74, 6) is 0.840. The van der Waals surface area contributed by atoms with Gasteiger partial charge in [0.15, 0.2) is 0 Å². The summed E-state index contributed by atoms with van der Waals surface area (Å²) >= 11 is 0. The molecule has 0 unspecified atom stereocenters. The van der Waals surface area contributed by atoms with Gasteiger partial charge in [0, 0.05) is 19.2 Å². The lowest BCUT2D eigenvalue weighted by atomic mass is 9.90. The first-order chi connectivity index (χ1) is 14.7. The Balaban J connectivity index is 1.31. The second kappa shape index (κ2) is 9.94. The Labute approximate surface area is 179 Å². The van der Waals surface area contributed by atoms with Crippen molar-refractivity contribution in [3.05, 3.63) is 88.3 Å². The quantitative estimate of drug-likeness (QED) is 0.536. The Morgan fingerprint density at radius 2 is 1.60 bits per heavy atom. The van der Waals surface area contributed by atoms with Crippen molar-refractivity contribution in [1.29, 1.82) is 0 Å². The monoisotopic (exact) mass is 403 g/mol. The molecule has 158 valence electrons. The summed E-state index contributed by atoms with van der Waals surface area (Å²) in [6, 6.07) is 22.6. The van der Waals surface area contributed by atoms with Crippen molar-refractivity contribution in [1.82, 2.24) is 14.3 Å². The van der Waals surface area contributed by atoms with Gasteiger partial charge in [0.1, 0.15) is 0 Å². The van der Waals surface area contributed by atoms with Crippen molar-refractivity contribution in [3.8, 4) is 5.69 Å². The third-order valence-corrected chi connectivity index (χ3v) is 6.39. The molecule has 30 heavy (non-hydrogen) atoms. The zero-order valence-corrected chi connectivity index (χ0v) is 18.0. The molecule has 0 amide bonds. The highest BCUT2D eigenvalue weighted by atomic mass is 16.1. The first-order valence-corrected chi connectivity index (χ1v) is 11.4. The van der Waals surface area contributed by atoms with Crippen LogP contribution in [0.25, 0.3) is 5.69 Å². The molecule has 0 bridgehead atoms. The van der Waals surface area contributed by atoms with Crippen LogP contribution in [0.3, 0.4) is 0 Å². The highest BCUT2D eigenvalue weighted by Crippen LogP contribution is 2.24. The van der Waals surface area contributed by atoms with E-state index in [0.717, 1.165) is 43.5 Å². The van der Waals surface area contributed by atoms with E-state index in [0.29, 0.717) is 0 Å². The van der Waals surface area contributed by atoms with Crippen LogP contribution in [0.15, 0.2) is 71.5 Å². The van der Waals surface area contributed by atoms with Gasteiger partial charge in [-0.25, -0.2) is 4.68 Å². The topological polar surface area (TPSA) is 30.2 Å². The van der Waals surface area contributed by atoms with Gasteiger partial charge in [-0.05, 0) is 69.3 Å². The summed E-state index contributed by atoms with van der Waals surface area (Å²) in [7, 11) is 0. The fraction of sp³-hybridized carbons (Fsp3) is 0.423. The SMILES string of the molecule is CCn1c(CN2CCC(CCCc3ccccc3)CC2)cc(=O)n1-c1ccccc1. The van der Waals surface area contributed by atoms with Gasteiger partial charge in [0.05, 0.1) is 11.4 Å². The first-order valence-electron chi connectivity index (χ1n) is 11.4. The van der Waals surface area contributed by atoms with Crippen molar-refractivity contribution < 1.29 is 0 Å². The number of rotatable bonds is 8. The molecule has 0 N–H and O–H groups in total. The van der Waals surface area contributed by atoms with Crippen molar-refractivity contribution in [2.45, 2.75) is 52.1 Å². The van der Waals surface area contributed by atoms with Crippen molar-refractivity contribution in [3.63, 3.8) is 0 Å². The van der Waals surface area contributed by atoms with Crippen molar-refractivity contribution in [2.24, 2.45) is 5.92 Å². The standard InChI is InChI=1S/C26H33N3O/c1-2-28-25(20-26(30)29(28)24-14-7-4-8-15-24)21-27-18-16-23(17-19-27)13-9-12-22-10-5-3-6-11-22/h3-8,10-11,14-15,20,23H,2,9,12-13,16-19,21H2,1H3. The van der Waals surface area contributed by atoms with E-state index in [4.69, 9.17) is 0 Å². The minimum atomic E-state index is 0.0637. The molecule has 1 aromatic heterocycles. The number of hydrogen-bond acceptors (Lipinski definition) is 2. The lowest BCUT2D eigenvalue weighted by molar-refractivity contribution is 0.167. The second-order valence-corrected chi connectivity index (χ2v) is 8.43. The number of piperidine rings is 1. The Hall–Kier alpha value is -2.59. The van der Waals surface area contributed by atoms with E-state index in [2.05, 4.69) is 46.8 Å². The molecule has 1 aliphatic rings. The zero-order chi connectivity index (χ0) is 20.8. The summed E-state index contributed by atoms with van der Waals surface area (Å²) in [5, 5.41) is 0. The molecule has 1 fully saturated rings. The number of aryl methyl sites for hydroxylation is 1. The average molecular weight is 404 g/mol. The van der Waals surface area contributed by atoms with E-state index in [1.54, 1.807) is 0 Å². The van der Waals surface area contributed by atoms with E-state index in [1.165, 1.54) is 37.7 Å². The lowest BCUT2D eigenvalue weighted by Crippen LogP contribution is -2.34. The summed E-state index contributed by atoms with van der Waals surface area (Å²) in [6.45, 7) is 6.03. The van der Waals surface area contributed by atoms with E-state index in [-0.39, 0.29) is 5.56 Å². The van der Waals surface area contributed by atoms with Gasteiger partial charge in [0.2, 0.25) is 0 Å². The fourth-order valence-electron chi connectivity index (χ4n) is 4.74. The molecule has 4 nitrogen and oxygen atoms in total. The third-order valence-electron chi connectivity index (χ3n) is 6.39. The highest BCUT2D eigenvalue weighted by molar-refractivity contribution is 5.31. The van der Waals surface area contributed by atoms with Gasteiger partial charge < -0.3 is 0 Å². The minimum Gasteiger partial charge on any atom is -0.298 e. The first kappa shape index (κ1) is 20.7. The largest absolute Gasteiger partial charge is 0.298 e. The van der Waals surface area contributed by atoms with E-state index >= 15 is 0 Å². The predicted octanol–water partition coefficient (Wildman–Crippen LogP) is 4.89. The normalized spacial score (nSPS) is 15.5. The second-order valence-electron chi connectivity index (χ2n) is 8.43. The van der Waals surface area contributed by atoms with Gasteiger partial charge in [-0.2, -0.15) is 0 Å². The predicted molar refractivity (Wildman–Crippen MR) is 123 cm³/mol. The molecule has 4 heteroatoms. The van der Waals surface area contributed by atoms with Crippen LogP contribution in [0.2, 0.25) is 0 Å². The molecule has 0 spiro atoms. The lowest BCUT2D eigenvalue weighted by Gasteiger charge is -2.32. The molecule has 0 aliphatic carbocycles. The molecular weight excluding hydrogens is 370 g/mol. The van der Waals surface area contributed by atoms with Crippen LogP contribution < -0.4 is 5.56 Å². The Kier molecular flexibility index (Phi) is 6.85. The van der Waals surface area contributed by atoms with Gasteiger partial charge in [0.25, 0.3) is 5.56 Å². The Bertz CT molecular complexity index is 967. The van der Waals surface area contributed by atoms with Gasteiger partial charge in [-0.3, -0.25) is 14.4 Å². The van der Waals surface area contributed by atoms with Crippen molar-refractivity contribution >= 4 is 0 Å². The number of aromatic nitrogens is 2. The molecule has 3 aromatic rings. The van der Waals surface area contributed by atoms with Crippen LogP contribution in [0, 0.1) is 5.92 Å². The van der Waals surface area contributed by atoms with Crippen LogP contribution >= 0.6 is 0 Å². The smallest absolute Gasteiger partial charge is 0.271 e. The number of nitrogens with zero attached hydrogens (tertiary/aromatic N) is 3. The van der Waals surface area contributed by atoms with Gasteiger partial charge in [-0.1, -0.05) is 55.0 Å². The van der Waals surface area contributed by atoms with Crippen LogP contribution in [-0.4, -0.2) is 27.4 Å². The zero-order valence-electron chi connectivity index (χ0n) is 18.0.